The van der Waals surface area contributed by atoms with Gasteiger partial charge in [0.05, 0.1) is 40.3 Å². The Bertz CT molecular complexity index is 1630. The standard InChI is InChI=1S/C90H175NO8/c1-6-8-10-12-14-16-18-20-22-24-26-28-30-32-34-36-38-40-42-43-44-45-47-49-51-53-55-57-59-61-63-65-67-69-71-73-75-77-79-81-88(93)99-86(85-98-90(89(94)95)96-83-82-91(3,4)5)84-97-87(92)80-78-76-74-72-70-68-66-64-62-60-58-56-54-52-50-48-46-41-39-37-35-33-31-29-27-25-23-21-19-17-15-13-11-9-7-2/h24,26,86,90H,6-23,25,27-85H2,1-5H3/b26-24-. The molecular formula is C90H175NO8. The number of rotatable bonds is 86. The van der Waals surface area contributed by atoms with Crippen LogP contribution in [-0.2, 0) is 33.3 Å². The topological polar surface area (TPSA) is 111 Å². The van der Waals surface area contributed by atoms with E-state index in [1.807, 2.05) is 21.1 Å². The lowest BCUT2D eigenvalue weighted by atomic mass is 10.0. The molecule has 0 radical (unpaired) electrons. The number of likely N-dealkylation sites (N-methyl/N-ethyl adjacent to an activating group) is 1. The fourth-order valence-electron chi connectivity index (χ4n) is 14.2. The van der Waals surface area contributed by atoms with Crippen LogP contribution < -0.4 is 5.11 Å². The molecule has 0 heterocycles. The number of quaternary nitrogens is 1. The summed E-state index contributed by atoms with van der Waals surface area (Å²) >= 11 is 0. The van der Waals surface area contributed by atoms with Crippen molar-refractivity contribution in [3.8, 4) is 0 Å². The third-order valence-electron chi connectivity index (χ3n) is 21.0. The van der Waals surface area contributed by atoms with E-state index < -0.39 is 24.3 Å². The quantitative estimate of drug-likeness (QED) is 0.0195. The molecule has 0 bridgehead atoms. The summed E-state index contributed by atoms with van der Waals surface area (Å²) in [6, 6.07) is 0. The van der Waals surface area contributed by atoms with E-state index in [1.54, 1.807) is 0 Å². The van der Waals surface area contributed by atoms with Gasteiger partial charge in [-0.1, -0.05) is 450 Å². The largest absolute Gasteiger partial charge is 0.545 e. The van der Waals surface area contributed by atoms with E-state index in [0.29, 0.717) is 17.4 Å². The first kappa shape index (κ1) is 97.0. The molecule has 0 N–H and O–H groups in total. The second kappa shape index (κ2) is 81.7. The number of hydrogen-bond donors (Lipinski definition) is 0. The summed E-state index contributed by atoms with van der Waals surface area (Å²) in [5.41, 5.74) is 0. The number of carbonyl (C=O) groups is 3. The average molecular weight is 1400 g/mol. The average Bonchev–Trinajstić information content (AvgIpc) is 1.14. The van der Waals surface area contributed by atoms with Crippen LogP contribution in [0.25, 0.3) is 0 Å². The second-order valence-electron chi connectivity index (χ2n) is 32.3. The number of nitrogens with zero attached hydrogens (tertiary/aromatic N) is 1. The second-order valence-corrected chi connectivity index (χ2v) is 32.3. The van der Waals surface area contributed by atoms with Crippen LogP contribution in [0.4, 0.5) is 0 Å². The van der Waals surface area contributed by atoms with Gasteiger partial charge in [0.1, 0.15) is 13.2 Å². The highest BCUT2D eigenvalue weighted by atomic mass is 16.7. The summed E-state index contributed by atoms with van der Waals surface area (Å²) in [6.07, 6.45) is 101. The third kappa shape index (κ3) is 83.2. The fourth-order valence-corrected chi connectivity index (χ4v) is 14.2. The zero-order valence-corrected chi connectivity index (χ0v) is 67.7. The Labute approximate surface area is 618 Å². The Kier molecular flexibility index (Phi) is 80.1. The number of carboxylic acids is 1. The number of carbonyl (C=O) groups excluding carboxylic acids is 3. The maximum absolute atomic E-state index is 13.0. The highest BCUT2D eigenvalue weighted by Crippen LogP contribution is 2.21. The van der Waals surface area contributed by atoms with Crippen molar-refractivity contribution in [2.45, 2.75) is 501 Å². The highest BCUT2D eigenvalue weighted by molar-refractivity contribution is 5.70. The smallest absolute Gasteiger partial charge is 0.306 e. The van der Waals surface area contributed by atoms with Crippen molar-refractivity contribution in [3.05, 3.63) is 12.2 Å². The minimum Gasteiger partial charge on any atom is -0.545 e. The number of unbranched alkanes of at least 4 members (excludes halogenated alkanes) is 69. The van der Waals surface area contributed by atoms with Crippen molar-refractivity contribution in [1.82, 2.24) is 0 Å². The van der Waals surface area contributed by atoms with Crippen LogP contribution in [0.15, 0.2) is 12.2 Å². The zero-order valence-electron chi connectivity index (χ0n) is 67.7. The Morgan fingerprint density at radius 1 is 0.293 bits per heavy atom. The lowest BCUT2D eigenvalue weighted by Crippen LogP contribution is -2.44. The Hall–Kier alpha value is -1.97. The van der Waals surface area contributed by atoms with Crippen LogP contribution in [0.5, 0.6) is 0 Å². The van der Waals surface area contributed by atoms with Gasteiger partial charge in [0.25, 0.3) is 0 Å². The van der Waals surface area contributed by atoms with E-state index in [-0.39, 0.29) is 32.2 Å². The van der Waals surface area contributed by atoms with Crippen LogP contribution >= 0.6 is 0 Å². The summed E-state index contributed by atoms with van der Waals surface area (Å²) in [7, 11) is 5.96. The summed E-state index contributed by atoms with van der Waals surface area (Å²) in [5.74, 6) is -2.24. The van der Waals surface area contributed by atoms with Crippen LogP contribution in [0.1, 0.15) is 489 Å². The van der Waals surface area contributed by atoms with Crippen molar-refractivity contribution < 1.29 is 42.9 Å². The van der Waals surface area contributed by atoms with E-state index in [1.165, 1.54) is 424 Å². The lowest BCUT2D eigenvalue weighted by Gasteiger charge is -2.26. The predicted octanol–water partition coefficient (Wildman–Crippen LogP) is 27.7. The minimum atomic E-state index is -1.62. The van der Waals surface area contributed by atoms with Crippen molar-refractivity contribution in [3.63, 3.8) is 0 Å². The monoisotopic (exact) mass is 1400 g/mol. The highest BCUT2D eigenvalue weighted by Gasteiger charge is 2.22. The number of ether oxygens (including phenoxy) is 4. The van der Waals surface area contributed by atoms with Gasteiger partial charge in [-0.3, -0.25) is 9.59 Å². The van der Waals surface area contributed by atoms with Gasteiger partial charge in [-0.15, -0.1) is 0 Å². The van der Waals surface area contributed by atoms with Gasteiger partial charge in [-0.2, -0.15) is 0 Å². The molecule has 0 aliphatic carbocycles. The molecule has 0 aromatic heterocycles. The molecule has 0 aromatic carbocycles. The summed E-state index contributed by atoms with van der Waals surface area (Å²) in [4.78, 5) is 37.7. The first-order valence-electron chi connectivity index (χ1n) is 44.8. The summed E-state index contributed by atoms with van der Waals surface area (Å²) in [5, 5.41) is 11.9. The molecule has 0 amide bonds. The number of aliphatic carboxylic acids is 1. The molecule has 2 unspecified atom stereocenters. The van der Waals surface area contributed by atoms with Crippen LogP contribution in [0.3, 0.4) is 0 Å². The van der Waals surface area contributed by atoms with Crippen LogP contribution in [0, 0.1) is 0 Å². The summed E-state index contributed by atoms with van der Waals surface area (Å²) in [6.45, 7) is 4.86. The number of carboxylic acid groups (broad SMARTS) is 1. The van der Waals surface area contributed by atoms with Crippen molar-refractivity contribution in [2.24, 2.45) is 0 Å². The van der Waals surface area contributed by atoms with Gasteiger partial charge in [0, 0.05) is 12.8 Å². The Balaban J connectivity index is 3.88. The molecule has 9 nitrogen and oxygen atoms in total. The normalized spacial score (nSPS) is 12.5. The molecule has 0 saturated carbocycles. The third-order valence-corrected chi connectivity index (χ3v) is 21.0. The number of esters is 2. The van der Waals surface area contributed by atoms with E-state index in [0.717, 1.165) is 38.5 Å². The van der Waals surface area contributed by atoms with Gasteiger partial charge in [-0.25, -0.2) is 0 Å². The van der Waals surface area contributed by atoms with E-state index in [4.69, 9.17) is 18.9 Å². The molecular weight excluding hydrogens is 1220 g/mol. The number of allylic oxidation sites excluding steroid dienone is 2. The summed E-state index contributed by atoms with van der Waals surface area (Å²) < 4.78 is 22.9. The zero-order chi connectivity index (χ0) is 71.8. The van der Waals surface area contributed by atoms with Crippen LogP contribution in [-0.4, -0.2) is 82.3 Å². The predicted molar refractivity (Wildman–Crippen MR) is 427 cm³/mol. The molecule has 588 valence electrons. The molecule has 99 heavy (non-hydrogen) atoms. The van der Waals surface area contributed by atoms with E-state index >= 15 is 0 Å². The van der Waals surface area contributed by atoms with Gasteiger partial charge < -0.3 is 33.3 Å². The molecule has 0 aliphatic rings. The molecule has 0 spiro atoms. The van der Waals surface area contributed by atoms with Gasteiger partial charge in [0.2, 0.25) is 0 Å². The molecule has 0 saturated heterocycles. The van der Waals surface area contributed by atoms with Gasteiger partial charge >= 0.3 is 11.9 Å². The molecule has 2 atom stereocenters. The van der Waals surface area contributed by atoms with Crippen molar-refractivity contribution in [2.75, 3.05) is 47.5 Å². The van der Waals surface area contributed by atoms with Gasteiger partial charge in [0.15, 0.2) is 12.4 Å². The van der Waals surface area contributed by atoms with Gasteiger partial charge in [-0.05, 0) is 38.5 Å². The van der Waals surface area contributed by atoms with E-state index in [9.17, 15) is 19.5 Å². The van der Waals surface area contributed by atoms with Crippen LogP contribution in [0.2, 0.25) is 0 Å². The molecule has 0 fully saturated rings. The molecule has 0 aliphatic heterocycles. The maximum atomic E-state index is 13.0. The maximum Gasteiger partial charge on any atom is 0.306 e. The van der Waals surface area contributed by atoms with E-state index in [2.05, 4.69) is 26.0 Å². The minimum absolute atomic E-state index is 0.153. The molecule has 0 rings (SSSR count). The lowest BCUT2D eigenvalue weighted by molar-refractivity contribution is -0.870. The van der Waals surface area contributed by atoms with Crippen molar-refractivity contribution >= 4 is 17.9 Å². The Morgan fingerprint density at radius 3 is 0.747 bits per heavy atom. The first-order chi connectivity index (χ1) is 48.6. The molecule has 0 aromatic rings. The Morgan fingerprint density at radius 2 is 0.515 bits per heavy atom. The SMILES string of the molecule is CCCCCCCCCC/C=C\CCCCCCCCCCCCCCCCCCCCCCCCCCCCCC(=O)OC(COC(=O)CCCCCCCCCCCCCCCCCCCCCCCCCCCCCCCCCCCCC)COC(OCC[N+](C)(C)C)C(=O)[O-]. The van der Waals surface area contributed by atoms with Crippen molar-refractivity contribution in [1.29, 1.82) is 0 Å². The number of hydrogen-bond acceptors (Lipinski definition) is 8. The fraction of sp³-hybridized carbons (Fsp3) is 0.944. The first-order valence-corrected chi connectivity index (χ1v) is 44.8. The molecule has 9 heteroatoms.